The second-order valence-corrected chi connectivity index (χ2v) is 5.40. The van der Waals surface area contributed by atoms with Gasteiger partial charge in [0.15, 0.2) is 0 Å². The molecule has 2 rings (SSSR count). The second kappa shape index (κ2) is 6.09. The molecule has 0 fully saturated rings. The lowest BCUT2D eigenvalue weighted by atomic mass is 10.2. The Morgan fingerprint density at radius 2 is 2.25 bits per heavy atom. The van der Waals surface area contributed by atoms with E-state index in [1.54, 1.807) is 36.1 Å². The van der Waals surface area contributed by atoms with Gasteiger partial charge in [-0.1, -0.05) is 15.9 Å². The molecule has 106 valence electrons. The molecule has 0 N–H and O–H groups in total. The number of hydrogen-bond donors (Lipinski definition) is 0. The maximum atomic E-state index is 12.2. The van der Waals surface area contributed by atoms with Gasteiger partial charge in [0.1, 0.15) is 11.4 Å². The zero-order valence-corrected chi connectivity index (χ0v) is 13.2. The van der Waals surface area contributed by atoms with E-state index in [1.807, 2.05) is 25.2 Å². The van der Waals surface area contributed by atoms with Gasteiger partial charge in [-0.15, -0.1) is 0 Å². The van der Waals surface area contributed by atoms with Gasteiger partial charge >= 0.3 is 0 Å². The van der Waals surface area contributed by atoms with Crippen molar-refractivity contribution in [2.24, 2.45) is 7.05 Å². The molecule has 0 unspecified atom stereocenters. The van der Waals surface area contributed by atoms with Crippen molar-refractivity contribution in [3.63, 3.8) is 0 Å². The van der Waals surface area contributed by atoms with Gasteiger partial charge in [-0.3, -0.25) is 4.79 Å². The summed E-state index contributed by atoms with van der Waals surface area (Å²) in [7, 11) is 5.21. The fourth-order valence-electron chi connectivity index (χ4n) is 1.85. The maximum Gasteiger partial charge on any atom is 0.274 e. The highest BCUT2D eigenvalue weighted by molar-refractivity contribution is 9.10. The van der Waals surface area contributed by atoms with E-state index in [9.17, 15) is 4.79 Å². The number of benzene rings is 1. The third-order valence-corrected chi connectivity index (χ3v) is 3.70. The van der Waals surface area contributed by atoms with E-state index < -0.39 is 0 Å². The predicted octanol–water partition coefficient (Wildman–Crippen LogP) is 2.46. The largest absolute Gasteiger partial charge is 0.497 e. The SMILES string of the molecule is COc1ccc(Br)c(CN(C)C(=O)c2cn(C)cn2)c1. The first kappa shape index (κ1) is 14.6. The highest BCUT2D eigenvalue weighted by atomic mass is 79.9. The van der Waals surface area contributed by atoms with Gasteiger partial charge in [0.2, 0.25) is 0 Å². The first-order valence-corrected chi connectivity index (χ1v) is 6.86. The monoisotopic (exact) mass is 337 g/mol. The fraction of sp³-hybridized carbons (Fsp3) is 0.286. The zero-order chi connectivity index (χ0) is 14.7. The summed E-state index contributed by atoms with van der Waals surface area (Å²) in [5, 5.41) is 0. The van der Waals surface area contributed by atoms with Crippen LogP contribution < -0.4 is 4.74 Å². The predicted molar refractivity (Wildman–Crippen MR) is 79.7 cm³/mol. The number of amides is 1. The van der Waals surface area contributed by atoms with Gasteiger partial charge in [-0.2, -0.15) is 0 Å². The van der Waals surface area contributed by atoms with Crippen LogP contribution in [0.2, 0.25) is 0 Å². The molecule has 1 amide bonds. The molecule has 20 heavy (non-hydrogen) atoms. The van der Waals surface area contributed by atoms with E-state index in [1.165, 1.54) is 0 Å². The molecule has 2 aromatic rings. The van der Waals surface area contributed by atoms with Crippen LogP contribution >= 0.6 is 15.9 Å². The van der Waals surface area contributed by atoms with Gasteiger partial charge in [0.05, 0.1) is 13.4 Å². The number of halogens is 1. The lowest BCUT2D eigenvalue weighted by molar-refractivity contribution is 0.0779. The van der Waals surface area contributed by atoms with E-state index in [-0.39, 0.29) is 5.91 Å². The van der Waals surface area contributed by atoms with Crippen LogP contribution in [0.1, 0.15) is 16.1 Å². The molecule has 5 nitrogen and oxygen atoms in total. The van der Waals surface area contributed by atoms with Crippen molar-refractivity contribution in [3.8, 4) is 5.75 Å². The second-order valence-electron chi connectivity index (χ2n) is 4.54. The van der Waals surface area contributed by atoms with Crippen LogP contribution in [0, 0.1) is 0 Å². The molecule has 6 heteroatoms. The number of carbonyl (C=O) groups excluding carboxylic acids is 1. The smallest absolute Gasteiger partial charge is 0.274 e. The minimum Gasteiger partial charge on any atom is -0.497 e. The molecule has 0 radical (unpaired) electrons. The Bertz CT molecular complexity index is 625. The van der Waals surface area contributed by atoms with Crippen LogP contribution in [-0.2, 0) is 13.6 Å². The maximum absolute atomic E-state index is 12.2. The minimum absolute atomic E-state index is 0.111. The summed E-state index contributed by atoms with van der Waals surface area (Å²) in [6.45, 7) is 0.479. The number of hydrogen-bond acceptors (Lipinski definition) is 3. The molecule has 0 aliphatic heterocycles. The summed E-state index contributed by atoms with van der Waals surface area (Å²) in [6, 6.07) is 5.69. The van der Waals surface area contributed by atoms with Crippen molar-refractivity contribution < 1.29 is 9.53 Å². The van der Waals surface area contributed by atoms with Crippen LogP contribution in [0.25, 0.3) is 0 Å². The number of aromatic nitrogens is 2. The van der Waals surface area contributed by atoms with Crippen molar-refractivity contribution in [1.29, 1.82) is 0 Å². The average Bonchev–Trinajstić information content (AvgIpc) is 2.87. The van der Waals surface area contributed by atoms with Gasteiger partial charge < -0.3 is 14.2 Å². The summed E-state index contributed by atoms with van der Waals surface area (Å²) in [5.74, 6) is 0.655. The van der Waals surface area contributed by atoms with Crippen LogP contribution in [0.5, 0.6) is 5.75 Å². The Hall–Kier alpha value is -1.82. The van der Waals surface area contributed by atoms with E-state index in [0.29, 0.717) is 12.2 Å². The highest BCUT2D eigenvalue weighted by Gasteiger charge is 2.15. The number of methoxy groups -OCH3 is 1. The minimum atomic E-state index is -0.111. The standard InChI is InChI=1S/C14H16BrN3O2/c1-17-8-13(16-9-17)14(19)18(2)7-10-6-11(20-3)4-5-12(10)15/h4-6,8-9H,7H2,1-3H3. The van der Waals surface area contributed by atoms with Crippen molar-refractivity contribution >= 4 is 21.8 Å². The van der Waals surface area contributed by atoms with Crippen LogP contribution in [0.15, 0.2) is 35.2 Å². The van der Waals surface area contributed by atoms with E-state index in [4.69, 9.17) is 4.74 Å². The van der Waals surface area contributed by atoms with Crippen LogP contribution in [-0.4, -0.2) is 34.5 Å². The summed E-state index contributed by atoms with van der Waals surface area (Å²) in [4.78, 5) is 17.9. The molecule has 0 bridgehead atoms. The molecule has 0 spiro atoms. The summed E-state index contributed by atoms with van der Waals surface area (Å²) in [6.07, 6.45) is 3.32. The Kier molecular flexibility index (Phi) is 4.44. The molecule has 0 saturated carbocycles. The third-order valence-electron chi connectivity index (χ3n) is 2.93. The summed E-state index contributed by atoms with van der Waals surface area (Å²) in [5.41, 5.74) is 1.42. The van der Waals surface area contributed by atoms with Crippen LogP contribution in [0.4, 0.5) is 0 Å². The highest BCUT2D eigenvalue weighted by Crippen LogP contribution is 2.23. The molecule has 0 aliphatic rings. The van der Waals surface area contributed by atoms with E-state index in [0.717, 1.165) is 15.8 Å². The number of imidazole rings is 1. The van der Waals surface area contributed by atoms with Crippen molar-refractivity contribution in [1.82, 2.24) is 14.5 Å². The molecule has 1 heterocycles. The number of ether oxygens (including phenoxy) is 1. The molecular weight excluding hydrogens is 322 g/mol. The third kappa shape index (κ3) is 3.19. The summed E-state index contributed by atoms with van der Waals surface area (Å²) >= 11 is 3.48. The molecule has 0 aliphatic carbocycles. The van der Waals surface area contributed by atoms with Gasteiger partial charge in [-0.25, -0.2) is 4.98 Å². The Morgan fingerprint density at radius 1 is 1.50 bits per heavy atom. The van der Waals surface area contributed by atoms with Crippen molar-refractivity contribution in [2.75, 3.05) is 14.2 Å². The average molecular weight is 338 g/mol. The first-order chi connectivity index (χ1) is 9.51. The number of nitrogens with zero attached hydrogens (tertiary/aromatic N) is 3. The Labute approximate surface area is 126 Å². The van der Waals surface area contributed by atoms with Gasteiger partial charge in [0, 0.05) is 31.3 Å². The molecular formula is C14H16BrN3O2. The number of carbonyl (C=O) groups is 1. The van der Waals surface area contributed by atoms with Crippen molar-refractivity contribution in [3.05, 3.63) is 46.5 Å². The fourth-order valence-corrected chi connectivity index (χ4v) is 2.22. The first-order valence-electron chi connectivity index (χ1n) is 6.07. The Balaban J connectivity index is 2.15. The van der Waals surface area contributed by atoms with Crippen LogP contribution in [0.3, 0.4) is 0 Å². The molecule has 0 atom stereocenters. The normalized spacial score (nSPS) is 10.4. The van der Waals surface area contributed by atoms with Gasteiger partial charge in [-0.05, 0) is 23.8 Å². The quantitative estimate of drug-likeness (QED) is 0.860. The summed E-state index contributed by atoms with van der Waals surface area (Å²) < 4.78 is 7.90. The molecule has 1 aromatic heterocycles. The topological polar surface area (TPSA) is 47.4 Å². The number of aryl methyl sites for hydroxylation is 1. The zero-order valence-electron chi connectivity index (χ0n) is 11.6. The number of rotatable bonds is 4. The Morgan fingerprint density at radius 3 is 2.85 bits per heavy atom. The molecule has 0 saturated heterocycles. The lowest BCUT2D eigenvalue weighted by Gasteiger charge is -2.17. The lowest BCUT2D eigenvalue weighted by Crippen LogP contribution is -2.26. The van der Waals surface area contributed by atoms with Crippen molar-refractivity contribution in [2.45, 2.75) is 6.54 Å². The van der Waals surface area contributed by atoms with Gasteiger partial charge in [0.25, 0.3) is 5.91 Å². The van der Waals surface area contributed by atoms with E-state index in [2.05, 4.69) is 20.9 Å². The molecule has 1 aromatic carbocycles. The van der Waals surface area contributed by atoms with E-state index >= 15 is 0 Å².